The third-order valence-electron chi connectivity index (χ3n) is 4.36. The van der Waals surface area contributed by atoms with Crippen LogP contribution in [0, 0.1) is 0 Å². The summed E-state index contributed by atoms with van der Waals surface area (Å²) < 4.78 is 5.07. The number of nitrogens with zero attached hydrogens (tertiary/aromatic N) is 3. The van der Waals surface area contributed by atoms with Crippen LogP contribution in [-0.2, 0) is 16.0 Å². The van der Waals surface area contributed by atoms with Gasteiger partial charge in [0, 0.05) is 45.1 Å². The van der Waals surface area contributed by atoms with Crippen LogP contribution in [0.3, 0.4) is 0 Å². The number of aromatic nitrogens is 2. The molecule has 1 unspecified atom stereocenters. The highest BCUT2D eigenvalue weighted by Crippen LogP contribution is 2.06. The molecule has 28 heavy (non-hydrogen) atoms. The Morgan fingerprint density at radius 3 is 2.64 bits per heavy atom. The van der Waals surface area contributed by atoms with Crippen molar-refractivity contribution in [3.05, 3.63) is 60.2 Å². The van der Waals surface area contributed by atoms with Gasteiger partial charge in [-0.05, 0) is 25.3 Å². The van der Waals surface area contributed by atoms with E-state index in [0.717, 1.165) is 12.8 Å². The number of nitrogens with one attached hydrogen (secondary N) is 1. The molecule has 1 N–H and O–H groups in total. The predicted octanol–water partition coefficient (Wildman–Crippen LogP) is 2.09. The zero-order valence-electron chi connectivity index (χ0n) is 16.5. The average molecular weight is 384 g/mol. The van der Waals surface area contributed by atoms with Crippen LogP contribution in [0.1, 0.15) is 35.8 Å². The number of aryl methyl sites for hydroxylation is 1. The van der Waals surface area contributed by atoms with Gasteiger partial charge in [-0.1, -0.05) is 30.3 Å². The van der Waals surface area contributed by atoms with Gasteiger partial charge in [0.2, 0.25) is 5.91 Å². The first-order valence-corrected chi connectivity index (χ1v) is 9.47. The molecule has 0 fully saturated rings. The summed E-state index contributed by atoms with van der Waals surface area (Å²) in [5.74, 6) is -0.329. The summed E-state index contributed by atoms with van der Waals surface area (Å²) in [5, 5.41) is 3.00. The van der Waals surface area contributed by atoms with Gasteiger partial charge in [-0.3, -0.25) is 14.6 Å². The quantitative estimate of drug-likeness (QED) is 0.641. The van der Waals surface area contributed by atoms with Crippen molar-refractivity contribution in [2.45, 2.75) is 32.2 Å². The molecule has 1 aromatic heterocycles. The maximum Gasteiger partial charge on any atom is 0.274 e. The van der Waals surface area contributed by atoms with Crippen molar-refractivity contribution in [1.29, 1.82) is 0 Å². The van der Waals surface area contributed by atoms with Gasteiger partial charge in [0.25, 0.3) is 5.91 Å². The Bertz CT molecular complexity index is 725. The molecule has 0 aliphatic rings. The molecule has 2 aromatic rings. The van der Waals surface area contributed by atoms with Crippen LogP contribution in [0.5, 0.6) is 0 Å². The topological polar surface area (TPSA) is 84.4 Å². The Hall–Kier alpha value is -2.80. The second-order valence-corrected chi connectivity index (χ2v) is 6.62. The zero-order valence-corrected chi connectivity index (χ0v) is 16.5. The SMILES string of the molecule is COCCN(CCC(=O)NC(C)CCc1ccccc1)C(=O)c1cnccn1. The summed E-state index contributed by atoms with van der Waals surface area (Å²) in [5.41, 5.74) is 1.51. The van der Waals surface area contributed by atoms with Crippen LogP contribution < -0.4 is 5.32 Å². The number of rotatable bonds is 11. The van der Waals surface area contributed by atoms with E-state index in [4.69, 9.17) is 4.74 Å². The smallest absolute Gasteiger partial charge is 0.274 e. The molecule has 0 aliphatic heterocycles. The second-order valence-electron chi connectivity index (χ2n) is 6.62. The minimum Gasteiger partial charge on any atom is -0.383 e. The van der Waals surface area contributed by atoms with Gasteiger partial charge in [0.15, 0.2) is 0 Å². The highest BCUT2D eigenvalue weighted by atomic mass is 16.5. The number of amides is 2. The molecule has 1 atom stereocenters. The van der Waals surface area contributed by atoms with Crippen LogP contribution in [0.2, 0.25) is 0 Å². The fourth-order valence-electron chi connectivity index (χ4n) is 2.77. The Kier molecular flexibility index (Phi) is 9.07. The van der Waals surface area contributed by atoms with E-state index in [2.05, 4.69) is 27.4 Å². The van der Waals surface area contributed by atoms with Gasteiger partial charge in [-0.15, -0.1) is 0 Å². The molecule has 1 heterocycles. The molecule has 0 bridgehead atoms. The Morgan fingerprint density at radius 1 is 1.18 bits per heavy atom. The van der Waals surface area contributed by atoms with Gasteiger partial charge in [-0.25, -0.2) is 4.98 Å². The molecule has 0 spiro atoms. The Balaban J connectivity index is 1.80. The molecule has 2 rings (SSSR count). The number of benzene rings is 1. The van der Waals surface area contributed by atoms with Gasteiger partial charge >= 0.3 is 0 Å². The monoisotopic (exact) mass is 384 g/mol. The van der Waals surface area contributed by atoms with Gasteiger partial charge in [-0.2, -0.15) is 0 Å². The maximum atomic E-state index is 12.6. The fraction of sp³-hybridized carbons (Fsp3) is 0.429. The molecule has 150 valence electrons. The van der Waals surface area contributed by atoms with E-state index in [0.29, 0.717) is 19.7 Å². The van der Waals surface area contributed by atoms with Gasteiger partial charge in [0.1, 0.15) is 5.69 Å². The van der Waals surface area contributed by atoms with Crippen molar-refractivity contribution in [2.24, 2.45) is 0 Å². The lowest BCUT2D eigenvalue weighted by molar-refractivity contribution is -0.121. The van der Waals surface area contributed by atoms with Crippen molar-refractivity contribution < 1.29 is 14.3 Å². The number of hydrogen-bond donors (Lipinski definition) is 1. The minimum atomic E-state index is -0.255. The maximum absolute atomic E-state index is 12.6. The van der Waals surface area contributed by atoms with Crippen molar-refractivity contribution in [1.82, 2.24) is 20.2 Å². The van der Waals surface area contributed by atoms with E-state index >= 15 is 0 Å². The lowest BCUT2D eigenvalue weighted by Crippen LogP contribution is -2.39. The predicted molar refractivity (Wildman–Crippen MR) is 107 cm³/mol. The molecule has 0 saturated carbocycles. The van der Waals surface area contributed by atoms with Crippen LogP contribution in [0.4, 0.5) is 0 Å². The number of carbonyl (C=O) groups is 2. The summed E-state index contributed by atoms with van der Waals surface area (Å²) in [6, 6.07) is 10.3. The van der Waals surface area contributed by atoms with E-state index in [1.165, 1.54) is 24.2 Å². The molecule has 1 aromatic carbocycles. The van der Waals surface area contributed by atoms with Crippen molar-refractivity contribution >= 4 is 11.8 Å². The third-order valence-corrected chi connectivity index (χ3v) is 4.36. The summed E-state index contributed by atoms with van der Waals surface area (Å²) in [7, 11) is 1.58. The fourth-order valence-corrected chi connectivity index (χ4v) is 2.77. The molecule has 0 radical (unpaired) electrons. The zero-order chi connectivity index (χ0) is 20.2. The minimum absolute atomic E-state index is 0.0656. The summed E-state index contributed by atoms with van der Waals surface area (Å²) in [6.07, 6.45) is 6.41. The number of methoxy groups -OCH3 is 1. The van der Waals surface area contributed by atoms with Crippen LogP contribution in [-0.4, -0.2) is 59.5 Å². The number of hydrogen-bond acceptors (Lipinski definition) is 5. The summed E-state index contributed by atoms with van der Waals surface area (Å²) in [6.45, 7) is 3.08. The summed E-state index contributed by atoms with van der Waals surface area (Å²) in [4.78, 5) is 34.4. The van der Waals surface area contributed by atoms with Crippen LogP contribution in [0.25, 0.3) is 0 Å². The van der Waals surface area contributed by atoms with Crippen molar-refractivity contribution in [3.8, 4) is 0 Å². The molecular formula is C21H28N4O3. The van der Waals surface area contributed by atoms with Crippen LogP contribution >= 0.6 is 0 Å². The third kappa shape index (κ3) is 7.44. The van der Waals surface area contributed by atoms with Gasteiger partial charge < -0.3 is 15.0 Å². The van der Waals surface area contributed by atoms with E-state index in [-0.39, 0.29) is 30.0 Å². The largest absolute Gasteiger partial charge is 0.383 e. The lowest BCUT2D eigenvalue weighted by atomic mass is 10.1. The van der Waals surface area contributed by atoms with Crippen LogP contribution in [0.15, 0.2) is 48.9 Å². The second kappa shape index (κ2) is 11.8. The highest BCUT2D eigenvalue weighted by Gasteiger charge is 2.18. The molecule has 0 saturated heterocycles. The summed E-state index contributed by atoms with van der Waals surface area (Å²) >= 11 is 0. The van der Waals surface area contributed by atoms with E-state index in [1.807, 2.05) is 25.1 Å². The first-order chi connectivity index (χ1) is 13.6. The molecule has 7 heteroatoms. The first kappa shape index (κ1) is 21.5. The van der Waals surface area contributed by atoms with E-state index in [1.54, 1.807) is 12.0 Å². The first-order valence-electron chi connectivity index (χ1n) is 9.47. The molecular weight excluding hydrogens is 356 g/mol. The highest BCUT2D eigenvalue weighted by molar-refractivity contribution is 5.92. The normalized spacial score (nSPS) is 11.6. The Labute approximate surface area is 166 Å². The average Bonchev–Trinajstić information content (AvgIpc) is 2.73. The molecule has 7 nitrogen and oxygen atoms in total. The van der Waals surface area contributed by atoms with Crippen molar-refractivity contribution in [3.63, 3.8) is 0 Å². The number of carbonyl (C=O) groups excluding carboxylic acids is 2. The lowest BCUT2D eigenvalue weighted by Gasteiger charge is -2.22. The van der Waals surface area contributed by atoms with Crippen molar-refractivity contribution in [2.75, 3.05) is 26.8 Å². The number of ether oxygens (including phenoxy) is 1. The standard InChI is InChI=1S/C21H28N4O3/c1-17(8-9-18-6-4-3-5-7-18)24-20(26)10-13-25(14-15-28-2)21(27)19-16-22-11-12-23-19/h3-7,11-12,16-17H,8-10,13-15H2,1-2H3,(H,24,26). The van der Waals surface area contributed by atoms with E-state index < -0.39 is 0 Å². The van der Waals surface area contributed by atoms with E-state index in [9.17, 15) is 9.59 Å². The van der Waals surface area contributed by atoms with Gasteiger partial charge in [0.05, 0.1) is 12.8 Å². The Morgan fingerprint density at radius 2 is 1.96 bits per heavy atom. The molecule has 0 aliphatic carbocycles. The molecule has 2 amide bonds.